The number of hydrogen-bond donors (Lipinski definition) is 16. The molecule has 0 aromatic carbocycles. The summed E-state index contributed by atoms with van der Waals surface area (Å²) in [6, 6.07) is -18.9. The van der Waals surface area contributed by atoms with Gasteiger partial charge in [0.25, 0.3) is 0 Å². The average Bonchev–Trinajstić information content (AvgIpc) is 0.901. The summed E-state index contributed by atoms with van der Waals surface area (Å²) in [4.78, 5) is 195. The molecule has 0 aromatic heterocycles. The molecule has 0 aliphatic carbocycles. The Morgan fingerprint density at radius 1 is 0.505 bits per heavy atom. The molecule has 1 aliphatic rings. The molecule has 31 heteroatoms. The van der Waals surface area contributed by atoms with Crippen molar-refractivity contribution in [2.45, 2.75) is 272 Å². The van der Waals surface area contributed by atoms with Gasteiger partial charge in [0, 0.05) is 0 Å². The van der Waals surface area contributed by atoms with Crippen LogP contribution in [0.4, 0.5) is 0 Å². The highest BCUT2D eigenvalue weighted by atomic mass is 16.5. The van der Waals surface area contributed by atoms with Crippen molar-refractivity contribution in [3.05, 3.63) is 0 Å². The predicted molar refractivity (Wildman–Crippen MR) is 346 cm³/mol. The Bertz CT molecular complexity index is 2570. The maximum atomic E-state index is 14.8. The number of nitrogens with one attached hydrogen (secondary N) is 11. The van der Waals surface area contributed by atoms with Gasteiger partial charge in [0.05, 0.1) is 38.6 Å². The quantitative estimate of drug-likeness (QED) is 0.0321. The lowest BCUT2D eigenvalue weighted by Crippen LogP contribution is -2.62. The Morgan fingerprint density at radius 2 is 0.926 bits per heavy atom. The minimum atomic E-state index is -2.15. The number of aliphatic hydroxyl groups excluding tert-OH is 3. The third kappa shape index (κ3) is 32.6. The van der Waals surface area contributed by atoms with E-state index in [4.69, 9.17) is 4.74 Å². The molecule has 1 aliphatic heterocycles. The molecular weight excluding hydrogens is 1240 g/mol. The molecule has 542 valence electrons. The smallest absolute Gasteiger partial charge is 0.326 e. The number of aliphatic carboxylic acids is 2. The number of esters is 1. The van der Waals surface area contributed by atoms with Crippen LogP contribution in [0.15, 0.2) is 0 Å². The molecule has 1 saturated heterocycles. The summed E-state index contributed by atoms with van der Waals surface area (Å²) in [5.41, 5.74) is 0. The number of hydrogen-bond acceptors (Lipinski definition) is 18. The second-order valence-electron chi connectivity index (χ2n) is 26.9. The Kier molecular flexibility index (Phi) is 39.2. The van der Waals surface area contributed by atoms with Crippen molar-refractivity contribution in [3.63, 3.8) is 0 Å². The Morgan fingerprint density at radius 3 is 1.33 bits per heavy atom. The van der Waals surface area contributed by atoms with E-state index in [0.717, 1.165) is 32.6 Å². The number of cyclic esters (lactones) is 1. The van der Waals surface area contributed by atoms with Crippen LogP contribution >= 0.6 is 0 Å². The topological polar surface area (TPSA) is 482 Å². The van der Waals surface area contributed by atoms with Crippen LogP contribution in [0.3, 0.4) is 0 Å². The number of carbonyl (C=O) groups excluding carboxylic acids is 12. The lowest BCUT2D eigenvalue weighted by Gasteiger charge is -2.30. The molecule has 0 aromatic rings. The first kappa shape index (κ1) is 85.5. The zero-order valence-corrected chi connectivity index (χ0v) is 57.9. The monoisotopic (exact) mass is 1350 g/mol. The minimum absolute atomic E-state index is 0.0328. The van der Waals surface area contributed by atoms with Crippen LogP contribution in [-0.4, -0.2) is 200 Å². The molecule has 0 saturated carbocycles. The van der Waals surface area contributed by atoms with Gasteiger partial charge in [-0.3, -0.25) is 62.3 Å². The van der Waals surface area contributed by atoms with Gasteiger partial charge in [0.1, 0.15) is 72.6 Å². The zero-order chi connectivity index (χ0) is 72.6. The Labute approximate surface area is 557 Å². The maximum absolute atomic E-state index is 14.8. The van der Waals surface area contributed by atoms with Crippen molar-refractivity contribution in [3.8, 4) is 0 Å². The van der Waals surface area contributed by atoms with E-state index in [1.165, 1.54) is 6.92 Å². The van der Waals surface area contributed by atoms with Crippen LogP contribution in [0, 0.1) is 35.5 Å². The predicted octanol–water partition coefficient (Wildman–Crippen LogP) is -0.413. The van der Waals surface area contributed by atoms with Gasteiger partial charge in [-0.05, 0) is 81.0 Å². The standard InChI is InChI=1S/C64H111N11O20/c1-15-17-18-19-20-21-39(78)27-49(79)65-40(22-32(3)4)54(83)69-45(28-50(80)81)59(88)75-53-38(14)95-51(82)29-46(64(93)94)71-62(91)52(37(13)16-2)74-58(87)44(26-36(11)12)68-61(90)48(31-77)73-57(86)42(24-34(7)8)67-60(89)47(30-76)72-56(85)41(23-33(5)6)66-55(84)43(25-35(9)10)70-63(53)92/h32-48,52-53,76-78H,15-31H2,1-14H3,(H,65,79)(H,66,84)(H,67,89)(H,68,90)(H,69,83)(H,70,92)(H,71,91)(H,72,85)(H,73,86)(H,74,87)(H,75,88)(H,80,81)(H,93,94)/t37-,38+,39-,40+,41+,42+,43+,44+,45+,46-,47+,48+,52-,53-/m0/s1. The normalized spacial score (nSPS) is 24.3. The molecule has 16 N–H and O–H groups in total. The van der Waals surface area contributed by atoms with Crippen molar-refractivity contribution in [1.29, 1.82) is 0 Å². The van der Waals surface area contributed by atoms with E-state index in [2.05, 4.69) is 65.4 Å². The Balaban J connectivity index is 4.21. The first-order chi connectivity index (χ1) is 44.4. The van der Waals surface area contributed by atoms with Crippen LogP contribution in [0.25, 0.3) is 0 Å². The lowest BCUT2D eigenvalue weighted by molar-refractivity contribution is -0.156. The fourth-order valence-corrected chi connectivity index (χ4v) is 10.3. The molecule has 95 heavy (non-hydrogen) atoms. The van der Waals surface area contributed by atoms with Gasteiger partial charge in [-0.15, -0.1) is 0 Å². The molecule has 1 fully saturated rings. The molecular formula is C64H111N11O20. The van der Waals surface area contributed by atoms with Crippen LogP contribution in [-0.2, 0) is 71.9 Å². The molecule has 0 bridgehead atoms. The van der Waals surface area contributed by atoms with Gasteiger partial charge in [0.2, 0.25) is 65.0 Å². The van der Waals surface area contributed by atoms with Crippen LogP contribution in [0.1, 0.15) is 193 Å². The highest BCUT2D eigenvalue weighted by molar-refractivity contribution is 6.00. The van der Waals surface area contributed by atoms with E-state index in [0.29, 0.717) is 12.8 Å². The first-order valence-corrected chi connectivity index (χ1v) is 33.2. The summed E-state index contributed by atoms with van der Waals surface area (Å²) in [5.74, 6) is -19.1. The number of unbranched alkanes of at least 4 members (excludes halogenated alkanes) is 4. The molecule has 31 nitrogen and oxygen atoms in total. The van der Waals surface area contributed by atoms with Crippen molar-refractivity contribution in [1.82, 2.24) is 58.5 Å². The van der Waals surface area contributed by atoms with Gasteiger partial charge in [-0.2, -0.15) is 0 Å². The fourth-order valence-electron chi connectivity index (χ4n) is 10.3. The van der Waals surface area contributed by atoms with Crippen LogP contribution < -0.4 is 58.5 Å². The lowest BCUT2D eigenvalue weighted by atomic mass is 9.96. The van der Waals surface area contributed by atoms with E-state index in [-0.39, 0.29) is 68.6 Å². The van der Waals surface area contributed by atoms with Gasteiger partial charge < -0.3 is 88.8 Å². The second kappa shape index (κ2) is 43.5. The summed E-state index contributed by atoms with van der Waals surface area (Å²) < 4.78 is 5.59. The molecule has 14 atom stereocenters. The van der Waals surface area contributed by atoms with Gasteiger partial charge in [-0.1, -0.05) is 129 Å². The van der Waals surface area contributed by atoms with E-state index in [1.54, 1.807) is 76.2 Å². The van der Waals surface area contributed by atoms with Gasteiger partial charge in [-0.25, -0.2) is 4.79 Å². The van der Waals surface area contributed by atoms with Crippen molar-refractivity contribution < 1.29 is 97.4 Å². The molecule has 1 rings (SSSR count). The largest absolute Gasteiger partial charge is 0.481 e. The number of ether oxygens (including phenoxy) is 1. The molecule has 1 heterocycles. The highest BCUT2D eigenvalue weighted by Gasteiger charge is 2.41. The first-order valence-electron chi connectivity index (χ1n) is 33.2. The van der Waals surface area contributed by atoms with E-state index < -0.39 is 199 Å². The average molecular weight is 1350 g/mol. The van der Waals surface area contributed by atoms with Gasteiger partial charge in [0.15, 0.2) is 0 Å². The number of amides is 11. The third-order valence-electron chi connectivity index (χ3n) is 15.6. The molecule has 0 radical (unpaired) electrons. The van der Waals surface area contributed by atoms with Crippen LogP contribution in [0.5, 0.6) is 0 Å². The van der Waals surface area contributed by atoms with Crippen molar-refractivity contribution in [2.24, 2.45) is 35.5 Å². The number of rotatable bonds is 30. The number of carbonyl (C=O) groups is 14. The summed E-state index contributed by atoms with van der Waals surface area (Å²) in [6.45, 7) is 21.2. The highest BCUT2D eigenvalue weighted by Crippen LogP contribution is 2.17. The van der Waals surface area contributed by atoms with E-state index in [1.807, 2.05) is 0 Å². The number of carboxylic acids is 2. The van der Waals surface area contributed by atoms with Crippen LogP contribution in [0.2, 0.25) is 0 Å². The Hall–Kier alpha value is -7.54. The fraction of sp³-hybridized carbons (Fsp3) is 0.781. The molecule has 11 amide bonds. The number of aliphatic hydroxyl groups is 3. The minimum Gasteiger partial charge on any atom is -0.481 e. The van der Waals surface area contributed by atoms with Crippen molar-refractivity contribution >= 4 is 82.9 Å². The van der Waals surface area contributed by atoms with E-state index in [9.17, 15) is 92.7 Å². The number of carboxylic acid groups (broad SMARTS) is 2. The summed E-state index contributed by atoms with van der Waals surface area (Å²) in [7, 11) is 0. The zero-order valence-electron chi connectivity index (χ0n) is 57.9. The summed E-state index contributed by atoms with van der Waals surface area (Å²) in [6.07, 6.45) is -1.22. The second-order valence-corrected chi connectivity index (χ2v) is 26.9. The summed E-state index contributed by atoms with van der Waals surface area (Å²) >= 11 is 0. The van der Waals surface area contributed by atoms with E-state index >= 15 is 0 Å². The molecule has 0 spiro atoms. The maximum Gasteiger partial charge on any atom is 0.326 e. The third-order valence-corrected chi connectivity index (χ3v) is 15.6. The molecule has 0 unspecified atom stereocenters. The van der Waals surface area contributed by atoms with Crippen molar-refractivity contribution in [2.75, 3.05) is 13.2 Å². The SMILES string of the molecule is CCCCCCC[C@H](O)CC(=O)N[C@H](CC(C)C)C(=O)N[C@H](CC(=O)O)C(=O)N[C@@H]1C(=O)N[C@H](CC(C)C)C(=O)N[C@H](CC(C)C)C(=O)N[C@H](CO)C(=O)N[C@H](CC(C)C)C(=O)N[C@H](CO)C(=O)N[C@H](CC(C)C)C(=O)N[C@@H]([C@@H](C)CC)C(=O)N[C@H](C(=O)O)CC(=O)O[C@@H]1C. The summed E-state index contributed by atoms with van der Waals surface area (Å²) in [5, 5.41) is 78.7. The van der Waals surface area contributed by atoms with Gasteiger partial charge >= 0.3 is 17.9 Å².